The highest BCUT2D eigenvalue weighted by atomic mass is 35.5. The fourth-order valence-corrected chi connectivity index (χ4v) is 3.46. The maximum atomic E-state index is 13.0. The second-order valence-electron chi connectivity index (χ2n) is 6.07. The van der Waals surface area contributed by atoms with Crippen molar-refractivity contribution < 1.29 is 4.79 Å². The molecule has 0 bridgehead atoms. The van der Waals surface area contributed by atoms with E-state index in [2.05, 4.69) is 15.2 Å². The predicted molar refractivity (Wildman–Crippen MR) is 95.2 cm³/mol. The van der Waals surface area contributed by atoms with Crippen molar-refractivity contribution in [3.63, 3.8) is 0 Å². The van der Waals surface area contributed by atoms with Crippen molar-refractivity contribution in [3.8, 4) is 0 Å². The van der Waals surface area contributed by atoms with E-state index in [1.807, 2.05) is 19.1 Å². The first-order chi connectivity index (χ1) is 12.0. The normalized spacial score (nSPS) is 16.4. The molecule has 0 aliphatic carbocycles. The Morgan fingerprint density at radius 3 is 2.44 bits per heavy atom. The Morgan fingerprint density at radius 1 is 1.04 bits per heavy atom. The molecule has 3 aromatic rings. The molecule has 1 aromatic carbocycles. The molecule has 0 saturated heterocycles. The van der Waals surface area contributed by atoms with Crippen LogP contribution in [0.25, 0.3) is 0 Å². The number of hydrogen-bond donors (Lipinski definition) is 2. The van der Waals surface area contributed by atoms with Crippen molar-refractivity contribution in [3.05, 3.63) is 80.0 Å². The van der Waals surface area contributed by atoms with Crippen LogP contribution in [0.5, 0.6) is 0 Å². The van der Waals surface area contributed by atoms with Crippen LogP contribution in [0.15, 0.2) is 41.2 Å². The molecular weight excluding hydrogens is 340 g/mol. The van der Waals surface area contributed by atoms with Crippen LogP contribution in [-0.2, 0) is 0 Å². The minimum atomic E-state index is -0.330. The van der Waals surface area contributed by atoms with E-state index in [1.165, 1.54) is 6.07 Å². The summed E-state index contributed by atoms with van der Waals surface area (Å²) in [7, 11) is 0. The number of fused-ring (bicyclic) bond motifs is 1. The molecule has 6 nitrogen and oxygen atoms in total. The van der Waals surface area contributed by atoms with Crippen molar-refractivity contribution in [2.45, 2.75) is 19.9 Å². The molecule has 0 fully saturated rings. The summed E-state index contributed by atoms with van der Waals surface area (Å²) in [5.41, 5.74) is 4.10. The van der Waals surface area contributed by atoms with E-state index in [0.29, 0.717) is 22.1 Å². The first kappa shape index (κ1) is 15.7. The number of aromatic amines is 2. The molecule has 1 amide bonds. The van der Waals surface area contributed by atoms with Gasteiger partial charge in [0, 0.05) is 28.0 Å². The molecule has 1 aliphatic rings. The molecule has 1 aliphatic heterocycles. The molecule has 25 heavy (non-hydrogen) atoms. The molecule has 2 aromatic heterocycles. The van der Waals surface area contributed by atoms with E-state index in [9.17, 15) is 9.59 Å². The van der Waals surface area contributed by atoms with Gasteiger partial charge in [0.15, 0.2) is 5.69 Å². The van der Waals surface area contributed by atoms with E-state index in [0.717, 1.165) is 16.8 Å². The molecule has 126 valence electrons. The number of pyridine rings is 1. The Morgan fingerprint density at radius 2 is 1.76 bits per heavy atom. The summed E-state index contributed by atoms with van der Waals surface area (Å²) >= 11 is 6.01. The fourth-order valence-electron chi connectivity index (χ4n) is 3.34. The minimum absolute atomic E-state index is 0.200. The molecule has 0 saturated carbocycles. The molecule has 1 atom stereocenters. The Kier molecular flexibility index (Phi) is 3.51. The van der Waals surface area contributed by atoms with Crippen LogP contribution in [0.1, 0.15) is 39.0 Å². The number of nitrogens with one attached hydrogen (secondary N) is 2. The number of aryl methyl sites for hydroxylation is 2. The molecule has 0 radical (unpaired) electrons. The Hall–Kier alpha value is -2.86. The van der Waals surface area contributed by atoms with E-state index in [-0.39, 0.29) is 17.5 Å². The Bertz CT molecular complexity index is 1040. The highest BCUT2D eigenvalue weighted by Gasteiger charge is 2.42. The second kappa shape index (κ2) is 5.60. The second-order valence-corrected chi connectivity index (χ2v) is 6.51. The van der Waals surface area contributed by atoms with E-state index >= 15 is 0 Å². The number of aromatic nitrogens is 3. The summed E-state index contributed by atoms with van der Waals surface area (Å²) in [5, 5.41) is 7.70. The lowest BCUT2D eigenvalue weighted by Gasteiger charge is -2.27. The molecule has 7 heteroatoms. The third-order valence-corrected chi connectivity index (χ3v) is 4.73. The average Bonchev–Trinajstić information content (AvgIpc) is 3.08. The lowest BCUT2D eigenvalue weighted by atomic mass is 9.99. The summed E-state index contributed by atoms with van der Waals surface area (Å²) in [6.45, 7) is 3.67. The van der Waals surface area contributed by atoms with Gasteiger partial charge < -0.3 is 4.98 Å². The Labute approximate surface area is 148 Å². The van der Waals surface area contributed by atoms with Gasteiger partial charge in [0.1, 0.15) is 0 Å². The van der Waals surface area contributed by atoms with Gasteiger partial charge in [-0.25, -0.2) is 0 Å². The van der Waals surface area contributed by atoms with E-state index in [4.69, 9.17) is 11.6 Å². The highest BCUT2D eigenvalue weighted by Crippen LogP contribution is 2.42. The number of halogens is 1. The standard InChI is InChI=1S/C18H15ClN4O2/c1-9-13(7-8-14(24)20-9)23-17(11-3-5-12(19)6-4-11)15-10(2)21-22-16(15)18(23)25/h3-8,17H,1-2H3,(H,20,24)(H,21,22). The number of rotatable bonds is 2. The lowest BCUT2D eigenvalue weighted by Crippen LogP contribution is -2.31. The molecule has 2 N–H and O–H groups in total. The predicted octanol–water partition coefficient (Wildman–Crippen LogP) is 3.12. The van der Waals surface area contributed by atoms with Gasteiger partial charge in [-0.2, -0.15) is 5.10 Å². The minimum Gasteiger partial charge on any atom is -0.324 e. The number of benzene rings is 1. The SMILES string of the molecule is Cc1[nH]c(=O)ccc1N1C(=O)c2n[nH]c(C)c2C1c1ccc(Cl)cc1. The maximum Gasteiger partial charge on any atom is 0.280 e. The molecular formula is C18H15ClN4O2. The number of amides is 1. The van der Waals surface area contributed by atoms with Crippen molar-refractivity contribution in [2.75, 3.05) is 4.90 Å². The first-order valence-corrected chi connectivity index (χ1v) is 8.19. The van der Waals surface area contributed by atoms with Crippen LogP contribution in [0.2, 0.25) is 5.02 Å². The number of H-pyrrole nitrogens is 2. The summed E-state index contributed by atoms with van der Waals surface area (Å²) in [6.07, 6.45) is 0. The zero-order valence-electron chi connectivity index (χ0n) is 13.6. The maximum absolute atomic E-state index is 13.0. The number of anilines is 1. The largest absolute Gasteiger partial charge is 0.324 e. The van der Waals surface area contributed by atoms with Gasteiger partial charge in [-0.15, -0.1) is 0 Å². The van der Waals surface area contributed by atoms with Gasteiger partial charge in [-0.05, 0) is 37.6 Å². The summed E-state index contributed by atoms with van der Waals surface area (Å²) in [4.78, 5) is 29.0. The van der Waals surface area contributed by atoms with Gasteiger partial charge in [-0.3, -0.25) is 19.6 Å². The van der Waals surface area contributed by atoms with Crippen LogP contribution < -0.4 is 10.5 Å². The average molecular weight is 355 g/mol. The number of nitrogens with zero attached hydrogens (tertiary/aromatic N) is 2. The molecule has 3 heterocycles. The summed E-state index contributed by atoms with van der Waals surface area (Å²) in [6, 6.07) is 10.2. The highest BCUT2D eigenvalue weighted by molar-refractivity contribution is 6.30. The zero-order chi connectivity index (χ0) is 17.7. The van der Waals surface area contributed by atoms with Crippen LogP contribution in [0, 0.1) is 13.8 Å². The van der Waals surface area contributed by atoms with E-state index < -0.39 is 0 Å². The van der Waals surface area contributed by atoms with E-state index in [1.54, 1.807) is 30.0 Å². The molecule has 1 unspecified atom stereocenters. The lowest BCUT2D eigenvalue weighted by molar-refractivity contribution is 0.0988. The first-order valence-electron chi connectivity index (χ1n) is 7.81. The van der Waals surface area contributed by atoms with Crippen LogP contribution >= 0.6 is 11.6 Å². The molecule has 4 rings (SSSR count). The monoisotopic (exact) mass is 354 g/mol. The van der Waals surface area contributed by atoms with Crippen molar-refractivity contribution in [2.24, 2.45) is 0 Å². The smallest absolute Gasteiger partial charge is 0.280 e. The van der Waals surface area contributed by atoms with Gasteiger partial charge in [-0.1, -0.05) is 23.7 Å². The fraction of sp³-hybridized carbons (Fsp3) is 0.167. The summed E-state index contributed by atoms with van der Waals surface area (Å²) < 4.78 is 0. The zero-order valence-corrected chi connectivity index (χ0v) is 14.4. The third-order valence-electron chi connectivity index (χ3n) is 4.48. The van der Waals surface area contributed by atoms with Gasteiger partial charge in [0.05, 0.1) is 11.7 Å². The van der Waals surface area contributed by atoms with Gasteiger partial charge in [0.2, 0.25) is 5.56 Å². The number of carbonyl (C=O) groups is 1. The van der Waals surface area contributed by atoms with Gasteiger partial charge >= 0.3 is 0 Å². The van der Waals surface area contributed by atoms with Crippen LogP contribution in [0.3, 0.4) is 0 Å². The van der Waals surface area contributed by atoms with Crippen molar-refractivity contribution in [1.82, 2.24) is 15.2 Å². The summed E-state index contributed by atoms with van der Waals surface area (Å²) in [5.74, 6) is -0.200. The third kappa shape index (κ3) is 2.37. The topological polar surface area (TPSA) is 81.8 Å². The van der Waals surface area contributed by atoms with Crippen LogP contribution in [-0.4, -0.2) is 21.1 Å². The number of hydrogen-bond acceptors (Lipinski definition) is 3. The van der Waals surface area contributed by atoms with Crippen LogP contribution in [0.4, 0.5) is 5.69 Å². The number of carbonyl (C=O) groups excluding carboxylic acids is 1. The van der Waals surface area contributed by atoms with Crippen molar-refractivity contribution >= 4 is 23.2 Å². The van der Waals surface area contributed by atoms with Gasteiger partial charge in [0.25, 0.3) is 5.91 Å². The van der Waals surface area contributed by atoms with Crippen molar-refractivity contribution in [1.29, 1.82) is 0 Å². The quantitative estimate of drug-likeness (QED) is 0.741. The molecule has 0 spiro atoms. The Balaban J connectivity index is 1.94.